The zero-order valence-electron chi connectivity index (χ0n) is 12.8. The van der Waals surface area contributed by atoms with E-state index in [0.717, 1.165) is 18.4 Å². The highest BCUT2D eigenvalue weighted by Crippen LogP contribution is 2.16. The summed E-state index contributed by atoms with van der Waals surface area (Å²) in [6.45, 7) is 6.21. The smallest absolute Gasteiger partial charge is 0.253 e. The van der Waals surface area contributed by atoms with Crippen molar-refractivity contribution in [3.8, 4) is 0 Å². The summed E-state index contributed by atoms with van der Waals surface area (Å²) < 4.78 is 0. The Bertz CT molecular complexity index is 432. The number of unbranched alkanes of at least 4 members (excludes halogenated alkanes) is 3. The van der Waals surface area contributed by atoms with Gasteiger partial charge >= 0.3 is 0 Å². The van der Waals surface area contributed by atoms with Crippen LogP contribution in [0.15, 0.2) is 18.2 Å². The second kappa shape index (κ2) is 8.59. The molecule has 0 aromatic heterocycles. The molecule has 4 heteroatoms. The zero-order chi connectivity index (χ0) is 15.0. The van der Waals surface area contributed by atoms with Gasteiger partial charge in [-0.2, -0.15) is 0 Å². The van der Waals surface area contributed by atoms with Crippen molar-refractivity contribution in [3.05, 3.63) is 29.3 Å². The van der Waals surface area contributed by atoms with E-state index in [1.807, 2.05) is 25.1 Å². The molecular weight excluding hydrogens is 250 g/mol. The van der Waals surface area contributed by atoms with Crippen LogP contribution in [-0.4, -0.2) is 11.9 Å². The predicted octanol–water partition coefficient (Wildman–Crippen LogP) is 3.37. The summed E-state index contributed by atoms with van der Waals surface area (Å²) in [6, 6.07) is 5.80. The first-order valence-electron chi connectivity index (χ1n) is 7.46. The van der Waals surface area contributed by atoms with Gasteiger partial charge in [-0.05, 0) is 32.4 Å². The third-order valence-corrected chi connectivity index (χ3v) is 3.44. The van der Waals surface area contributed by atoms with Gasteiger partial charge in [-0.25, -0.2) is 0 Å². The Labute approximate surface area is 122 Å². The van der Waals surface area contributed by atoms with Crippen LogP contribution in [0.3, 0.4) is 0 Å². The minimum absolute atomic E-state index is 0.0651. The zero-order valence-corrected chi connectivity index (χ0v) is 12.8. The molecule has 0 aliphatic heterocycles. The Hall–Kier alpha value is -1.55. The first kappa shape index (κ1) is 16.5. The van der Waals surface area contributed by atoms with Crippen molar-refractivity contribution in [1.82, 2.24) is 5.32 Å². The standard InChI is InChI=1S/C16H27N3O/c1-4-5-6-7-8-13(3)18-16(20)14-11-12(2)9-10-15(14)19-17/h9-11,13,19H,4-8,17H2,1-3H3,(H,18,20). The van der Waals surface area contributed by atoms with Gasteiger partial charge in [0.2, 0.25) is 0 Å². The van der Waals surface area contributed by atoms with Crippen LogP contribution in [0.5, 0.6) is 0 Å². The maximum Gasteiger partial charge on any atom is 0.253 e. The molecule has 1 amide bonds. The van der Waals surface area contributed by atoms with E-state index in [1.54, 1.807) is 0 Å². The molecule has 0 heterocycles. The summed E-state index contributed by atoms with van der Waals surface area (Å²) in [6.07, 6.45) is 5.90. The summed E-state index contributed by atoms with van der Waals surface area (Å²) in [5, 5.41) is 3.04. The number of carbonyl (C=O) groups excluding carboxylic acids is 1. The number of anilines is 1. The average Bonchev–Trinajstić information content (AvgIpc) is 2.43. The summed E-state index contributed by atoms with van der Waals surface area (Å²) in [4.78, 5) is 12.3. The van der Waals surface area contributed by atoms with E-state index < -0.39 is 0 Å². The number of rotatable bonds is 8. The van der Waals surface area contributed by atoms with Gasteiger partial charge in [0, 0.05) is 6.04 Å². The van der Waals surface area contributed by atoms with Gasteiger partial charge in [-0.15, -0.1) is 0 Å². The molecule has 0 radical (unpaired) electrons. The number of hydrazine groups is 1. The number of nitrogens with two attached hydrogens (primary N) is 1. The van der Waals surface area contributed by atoms with Crippen LogP contribution in [-0.2, 0) is 0 Å². The molecule has 4 N–H and O–H groups in total. The number of aryl methyl sites for hydroxylation is 1. The minimum atomic E-state index is -0.0651. The van der Waals surface area contributed by atoms with Crippen molar-refractivity contribution < 1.29 is 4.79 Å². The number of amides is 1. The van der Waals surface area contributed by atoms with Crippen LogP contribution in [0.4, 0.5) is 5.69 Å². The molecule has 0 fully saturated rings. The lowest BCUT2D eigenvalue weighted by molar-refractivity contribution is 0.0938. The molecule has 1 atom stereocenters. The molecule has 1 rings (SSSR count). The van der Waals surface area contributed by atoms with Crippen molar-refractivity contribution in [2.75, 3.05) is 5.43 Å². The topological polar surface area (TPSA) is 67.2 Å². The van der Waals surface area contributed by atoms with Crippen molar-refractivity contribution in [2.45, 2.75) is 58.9 Å². The van der Waals surface area contributed by atoms with Gasteiger partial charge in [0.05, 0.1) is 11.3 Å². The first-order valence-corrected chi connectivity index (χ1v) is 7.46. The summed E-state index contributed by atoms with van der Waals surface area (Å²) in [7, 11) is 0. The first-order chi connectivity index (χ1) is 9.58. The van der Waals surface area contributed by atoms with Gasteiger partial charge in [0.1, 0.15) is 0 Å². The lowest BCUT2D eigenvalue weighted by Crippen LogP contribution is -2.33. The number of hydrogen-bond donors (Lipinski definition) is 3. The van der Waals surface area contributed by atoms with Crippen LogP contribution in [0.1, 0.15) is 61.9 Å². The third kappa shape index (κ3) is 5.21. The highest BCUT2D eigenvalue weighted by molar-refractivity contribution is 5.99. The molecule has 0 bridgehead atoms. The van der Waals surface area contributed by atoms with E-state index in [0.29, 0.717) is 11.3 Å². The fraction of sp³-hybridized carbons (Fsp3) is 0.562. The molecule has 20 heavy (non-hydrogen) atoms. The van der Waals surface area contributed by atoms with E-state index in [9.17, 15) is 4.79 Å². The van der Waals surface area contributed by atoms with E-state index in [2.05, 4.69) is 24.6 Å². The van der Waals surface area contributed by atoms with Crippen LogP contribution in [0.2, 0.25) is 0 Å². The van der Waals surface area contributed by atoms with E-state index in [-0.39, 0.29) is 11.9 Å². The molecule has 1 aromatic rings. The van der Waals surface area contributed by atoms with E-state index in [4.69, 9.17) is 5.84 Å². The van der Waals surface area contributed by atoms with Crippen molar-refractivity contribution >= 4 is 11.6 Å². The van der Waals surface area contributed by atoms with Gasteiger partial charge in [-0.3, -0.25) is 10.6 Å². The minimum Gasteiger partial charge on any atom is -0.350 e. The predicted molar refractivity (Wildman–Crippen MR) is 84.7 cm³/mol. The van der Waals surface area contributed by atoms with E-state index >= 15 is 0 Å². The van der Waals surface area contributed by atoms with Crippen LogP contribution < -0.4 is 16.6 Å². The summed E-state index contributed by atoms with van der Waals surface area (Å²) in [5.41, 5.74) is 4.89. The molecule has 0 aliphatic rings. The normalized spacial score (nSPS) is 12.0. The largest absolute Gasteiger partial charge is 0.350 e. The molecule has 112 valence electrons. The van der Waals surface area contributed by atoms with Crippen LogP contribution in [0.25, 0.3) is 0 Å². The monoisotopic (exact) mass is 277 g/mol. The highest BCUT2D eigenvalue weighted by Gasteiger charge is 2.13. The van der Waals surface area contributed by atoms with Gasteiger partial charge in [0.25, 0.3) is 5.91 Å². The molecule has 0 saturated heterocycles. The quantitative estimate of drug-likeness (QED) is 0.388. The SMILES string of the molecule is CCCCCCC(C)NC(=O)c1cc(C)ccc1NN. The average molecular weight is 277 g/mol. The molecule has 0 spiro atoms. The Morgan fingerprint density at radius 3 is 2.70 bits per heavy atom. The van der Waals surface area contributed by atoms with Crippen molar-refractivity contribution in [1.29, 1.82) is 0 Å². The second-order valence-corrected chi connectivity index (χ2v) is 5.42. The fourth-order valence-electron chi connectivity index (χ4n) is 2.22. The van der Waals surface area contributed by atoms with Gasteiger partial charge < -0.3 is 10.7 Å². The molecule has 1 aromatic carbocycles. The Morgan fingerprint density at radius 2 is 2.05 bits per heavy atom. The number of carbonyl (C=O) groups is 1. The van der Waals surface area contributed by atoms with Crippen molar-refractivity contribution in [2.24, 2.45) is 5.84 Å². The Kier molecular flexibility index (Phi) is 7.09. The maximum atomic E-state index is 12.3. The Morgan fingerprint density at radius 1 is 1.30 bits per heavy atom. The second-order valence-electron chi connectivity index (χ2n) is 5.42. The number of benzene rings is 1. The van der Waals surface area contributed by atoms with E-state index in [1.165, 1.54) is 19.3 Å². The highest BCUT2D eigenvalue weighted by atomic mass is 16.1. The van der Waals surface area contributed by atoms with Gasteiger partial charge in [-0.1, -0.05) is 44.2 Å². The molecule has 0 saturated carbocycles. The summed E-state index contributed by atoms with van der Waals surface area (Å²) in [5.74, 6) is 5.39. The number of nitrogen functional groups attached to an aromatic ring is 1. The summed E-state index contributed by atoms with van der Waals surface area (Å²) >= 11 is 0. The molecule has 0 aliphatic carbocycles. The maximum absolute atomic E-state index is 12.3. The number of hydrogen-bond acceptors (Lipinski definition) is 3. The fourth-order valence-corrected chi connectivity index (χ4v) is 2.22. The lowest BCUT2D eigenvalue weighted by atomic mass is 10.1. The van der Waals surface area contributed by atoms with Crippen LogP contribution >= 0.6 is 0 Å². The molecule has 4 nitrogen and oxygen atoms in total. The van der Waals surface area contributed by atoms with Crippen molar-refractivity contribution in [3.63, 3.8) is 0 Å². The third-order valence-electron chi connectivity index (χ3n) is 3.44. The molecular formula is C16H27N3O. The Balaban J connectivity index is 2.55. The van der Waals surface area contributed by atoms with Gasteiger partial charge in [0.15, 0.2) is 0 Å². The van der Waals surface area contributed by atoms with Crippen LogP contribution in [0, 0.1) is 6.92 Å². The number of nitrogens with one attached hydrogen (secondary N) is 2. The lowest BCUT2D eigenvalue weighted by Gasteiger charge is -2.16. The molecule has 1 unspecified atom stereocenters.